The second-order valence-corrected chi connectivity index (χ2v) is 3.82. The van der Waals surface area contributed by atoms with Gasteiger partial charge < -0.3 is 0 Å². The summed E-state index contributed by atoms with van der Waals surface area (Å²) in [4.78, 5) is 38.9. The molecule has 1 heterocycles. The number of Topliss-reactive ketones (excluding diaryl/α,β-unsaturated/α-hetero) is 3. The highest BCUT2D eigenvalue weighted by molar-refractivity contribution is 6.25. The summed E-state index contributed by atoms with van der Waals surface area (Å²) in [5.41, 5.74) is 0.378. The first-order chi connectivity index (χ1) is 7.70. The summed E-state index contributed by atoms with van der Waals surface area (Å²) in [7, 11) is 0. The lowest BCUT2D eigenvalue weighted by atomic mass is 9.82. The lowest BCUT2D eigenvalue weighted by Gasteiger charge is -2.17. The number of rotatable bonds is 2. The number of hydrogen-bond donors (Lipinski definition) is 0. The van der Waals surface area contributed by atoms with E-state index in [2.05, 4.69) is 4.98 Å². The first-order valence-corrected chi connectivity index (χ1v) is 5.20. The topological polar surface area (TPSA) is 64.1 Å². The minimum atomic E-state index is -1.07. The SMILES string of the molecule is O=C1CCCC(=O)C1C(=O)c1ccncc1. The molecule has 0 aromatic carbocycles. The maximum atomic E-state index is 12.0. The Kier molecular flexibility index (Phi) is 2.90. The van der Waals surface area contributed by atoms with Crippen molar-refractivity contribution in [2.75, 3.05) is 0 Å². The van der Waals surface area contributed by atoms with Gasteiger partial charge in [0.15, 0.2) is 17.3 Å². The predicted octanol–water partition coefficient (Wildman–Crippen LogP) is 1.20. The maximum absolute atomic E-state index is 12.0. The van der Waals surface area contributed by atoms with Crippen LogP contribution in [0.25, 0.3) is 0 Å². The highest BCUT2D eigenvalue weighted by atomic mass is 16.2. The molecule has 0 N–H and O–H groups in total. The van der Waals surface area contributed by atoms with Crippen molar-refractivity contribution < 1.29 is 14.4 Å². The first kappa shape index (κ1) is 10.7. The standard InChI is InChI=1S/C12H11NO3/c14-9-2-1-3-10(15)11(9)12(16)8-4-6-13-7-5-8/h4-7,11H,1-3H2. The van der Waals surface area contributed by atoms with E-state index in [1.165, 1.54) is 24.5 Å². The van der Waals surface area contributed by atoms with Gasteiger partial charge in [0.1, 0.15) is 5.92 Å². The van der Waals surface area contributed by atoms with Gasteiger partial charge in [-0.3, -0.25) is 19.4 Å². The number of aromatic nitrogens is 1. The smallest absolute Gasteiger partial charge is 0.180 e. The highest BCUT2D eigenvalue weighted by Gasteiger charge is 2.36. The van der Waals surface area contributed by atoms with Gasteiger partial charge in [0.05, 0.1) is 0 Å². The lowest BCUT2D eigenvalue weighted by Crippen LogP contribution is -2.35. The molecule has 4 heteroatoms. The van der Waals surface area contributed by atoms with Crippen molar-refractivity contribution in [3.63, 3.8) is 0 Å². The molecule has 0 spiro atoms. The van der Waals surface area contributed by atoms with E-state index in [9.17, 15) is 14.4 Å². The molecule has 1 aromatic heterocycles. The molecule has 0 aliphatic heterocycles. The molecule has 1 aromatic rings. The zero-order chi connectivity index (χ0) is 11.5. The fraction of sp³-hybridized carbons (Fsp3) is 0.333. The fourth-order valence-corrected chi connectivity index (χ4v) is 1.88. The first-order valence-electron chi connectivity index (χ1n) is 5.20. The van der Waals surface area contributed by atoms with E-state index < -0.39 is 11.7 Å². The van der Waals surface area contributed by atoms with Crippen LogP contribution in [0.3, 0.4) is 0 Å². The van der Waals surface area contributed by atoms with Crippen LogP contribution in [0.5, 0.6) is 0 Å². The Labute approximate surface area is 92.7 Å². The molecule has 1 aliphatic rings. The minimum Gasteiger partial charge on any atom is -0.298 e. The average molecular weight is 217 g/mol. The van der Waals surface area contributed by atoms with E-state index in [0.29, 0.717) is 24.8 Å². The van der Waals surface area contributed by atoms with Crippen LogP contribution in [0.15, 0.2) is 24.5 Å². The zero-order valence-electron chi connectivity index (χ0n) is 8.68. The monoisotopic (exact) mass is 217 g/mol. The van der Waals surface area contributed by atoms with Crippen LogP contribution < -0.4 is 0 Å². The van der Waals surface area contributed by atoms with Crippen molar-refractivity contribution in [3.8, 4) is 0 Å². The minimum absolute atomic E-state index is 0.252. The molecule has 82 valence electrons. The Hall–Kier alpha value is -1.84. The van der Waals surface area contributed by atoms with Crippen molar-refractivity contribution in [2.45, 2.75) is 19.3 Å². The Morgan fingerprint density at radius 1 is 1.12 bits per heavy atom. The van der Waals surface area contributed by atoms with Gasteiger partial charge in [-0.25, -0.2) is 0 Å². The summed E-state index contributed by atoms with van der Waals surface area (Å²) in [5.74, 6) is -1.97. The zero-order valence-corrected chi connectivity index (χ0v) is 8.68. The largest absolute Gasteiger partial charge is 0.298 e. The fourth-order valence-electron chi connectivity index (χ4n) is 1.88. The molecule has 0 bridgehead atoms. The van der Waals surface area contributed by atoms with Crippen LogP contribution in [0, 0.1) is 5.92 Å². The van der Waals surface area contributed by atoms with Gasteiger partial charge in [0.2, 0.25) is 0 Å². The van der Waals surface area contributed by atoms with Gasteiger partial charge in [-0.05, 0) is 18.6 Å². The van der Waals surface area contributed by atoms with Crippen molar-refractivity contribution in [2.24, 2.45) is 5.92 Å². The predicted molar refractivity (Wildman–Crippen MR) is 55.9 cm³/mol. The molecule has 16 heavy (non-hydrogen) atoms. The van der Waals surface area contributed by atoms with Crippen LogP contribution in [0.4, 0.5) is 0 Å². The van der Waals surface area contributed by atoms with E-state index in [0.717, 1.165) is 0 Å². The van der Waals surface area contributed by atoms with Crippen LogP contribution in [-0.4, -0.2) is 22.3 Å². The molecule has 1 fully saturated rings. The molecule has 4 nitrogen and oxygen atoms in total. The van der Waals surface area contributed by atoms with E-state index in [1.54, 1.807) is 0 Å². The van der Waals surface area contributed by atoms with Gasteiger partial charge in [0.25, 0.3) is 0 Å². The molecular weight excluding hydrogens is 206 g/mol. The van der Waals surface area contributed by atoms with Crippen molar-refractivity contribution in [3.05, 3.63) is 30.1 Å². The highest BCUT2D eigenvalue weighted by Crippen LogP contribution is 2.21. The van der Waals surface area contributed by atoms with Crippen LogP contribution >= 0.6 is 0 Å². The average Bonchev–Trinajstić information content (AvgIpc) is 2.30. The summed E-state index contributed by atoms with van der Waals surface area (Å²) < 4.78 is 0. The van der Waals surface area contributed by atoms with Gasteiger partial charge in [-0.1, -0.05) is 0 Å². The van der Waals surface area contributed by atoms with Crippen LogP contribution in [0.2, 0.25) is 0 Å². The molecule has 1 saturated carbocycles. The van der Waals surface area contributed by atoms with Gasteiger partial charge in [0, 0.05) is 30.8 Å². The Morgan fingerprint density at radius 3 is 2.25 bits per heavy atom. The maximum Gasteiger partial charge on any atom is 0.180 e. The molecule has 0 radical (unpaired) electrons. The third-order valence-electron chi connectivity index (χ3n) is 2.72. The molecule has 0 atom stereocenters. The third kappa shape index (κ3) is 1.91. The van der Waals surface area contributed by atoms with Gasteiger partial charge in [-0.15, -0.1) is 0 Å². The second kappa shape index (κ2) is 4.35. The van der Waals surface area contributed by atoms with Crippen molar-refractivity contribution in [1.29, 1.82) is 0 Å². The second-order valence-electron chi connectivity index (χ2n) is 3.82. The Balaban J connectivity index is 2.27. The molecule has 2 rings (SSSR count). The number of carbonyl (C=O) groups excluding carboxylic acids is 3. The normalized spacial score (nSPS) is 17.5. The Bertz CT molecular complexity index is 423. The lowest BCUT2D eigenvalue weighted by molar-refractivity contribution is -0.133. The number of carbonyl (C=O) groups is 3. The van der Waals surface area contributed by atoms with Gasteiger partial charge in [-0.2, -0.15) is 0 Å². The quantitative estimate of drug-likeness (QED) is 0.551. The summed E-state index contributed by atoms with van der Waals surface area (Å²) in [5, 5.41) is 0. The third-order valence-corrected chi connectivity index (χ3v) is 2.72. The number of nitrogens with zero attached hydrogens (tertiary/aromatic N) is 1. The summed E-state index contributed by atoms with van der Waals surface area (Å²) in [6.45, 7) is 0. The van der Waals surface area contributed by atoms with Crippen LogP contribution in [0.1, 0.15) is 29.6 Å². The number of pyridine rings is 1. The van der Waals surface area contributed by atoms with Crippen LogP contribution in [-0.2, 0) is 9.59 Å². The molecule has 1 aliphatic carbocycles. The molecule has 0 unspecified atom stereocenters. The summed E-state index contributed by atoms with van der Waals surface area (Å²) >= 11 is 0. The van der Waals surface area contributed by atoms with E-state index >= 15 is 0 Å². The Morgan fingerprint density at radius 2 is 1.69 bits per heavy atom. The van der Waals surface area contributed by atoms with E-state index in [1.807, 2.05) is 0 Å². The van der Waals surface area contributed by atoms with Crippen molar-refractivity contribution >= 4 is 17.3 Å². The molecule has 0 amide bonds. The van der Waals surface area contributed by atoms with E-state index in [-0.39, 0.29) is 11.6 Å². The summed E-state index contributed by atoms with van der Waals surface area (Å²) in [6, 6.07) is 3.05. The molecule has 0 saturated heterocycles. The van der Waals surface area contributed by atoms with E-state index in [4.69, 9.17) is 0 Å². The van der Waals surface area contributed by atoms with Gasteiger partial charge >= 0.3 is 0 Å². The van der Waals surface area contributed by atoms with Crippen molar-refractivity contribution in [1.82, 2.24) is 4.98 Å². The molecular formula is C12H11NO3. The number of hydrogen-bond acceptors (Lipinski definition) is 4. The number of ketones is 3. The summed E-state index contributed by atoms with van der Waals surface area (Å²) in [6.07, 6.45) is 4.17.